The zero-order valence-electron chi connectivity index (χ0n) is 10.9. The van der Waals surface area contributed by atoms with E-state index in [1.165, 1.54) is 36.9 Å². The van der Waals surface area contributed by atoms with Crippen LogP contribution in [-0.4, -0.2) is 18.6 Å². The molecule has 0 spiro atoms. The molecule has 0 aliphatic heterocycles. The maximum atomic E-state index is 9.29. The topological polar surface area (TPSA) is 39.9 Å². The summed E-state index contributed by atoms with van der Waals surface area (Å²) in [6.45, 7) is 1.04. The van der Waals surface area contributed by atoms with Crippen molar-refractivity contribution < 1.29 is 0 Å². The Morgan fingerprint density at radius 3 is 2.89 bits per heavy atom. The molecule has 0 amide bonds. The summed E-state index contributed by atoms with van der Waals surface area (Å²) in [5.41, 5.74) is 3.24. The van der Waals surface area contributed by atoms with Gasteiger partial charge in [0, 0.05) is 19.3 Å². The van der Waals surface area contributed by atoms with E-state index < -0.39 is 0 Å². The Labute approximate surface area is 108 Å². The first-order valence-electron chi connectivity index (χ1n) is 6.92. The van der Waals surface area contributed by atoms with Crippen LogP contribution in [-0.2, 0) is 12.8 Å². The second-order valence-electron chi connectivity index (χ2n) is 5.61. The second kappa shape index (κ2) is 4.61. The highest BCUT2D eigenvalue weighted by Gasteiger charge is 2.23. The van der Waals surface area contributed by atoms with E-state index in [1.807, 2.05) is 0 Å². The number of hydrogen-bond acceptors (Lipinski definition) is 3. The number of anilines is 1. The Hall–Kier alpha value is -1.56. The number of rotatable bonds is 3. The number of hydrogen-bond donors (Lipinski definition) is 0. The lowest BCUT2D eigenvalue weighted by Crippen LogP contribution is -2.30. The fraction of sp³-hybridized carbons (Fsp3) is 0.600. The van der Waals surface area contributed by atoms with E-state index in [1.54, 1.807) is 0 Å². The number of nitrogens with zero attached hydrogens (tertiary/aromatic N) is 3. The van der Waals surface area contributed by atoms with E-state index in [9.17, 15) is 5.26 Å². The number of aromatic nitrogens is 1. The highest BCUT2D eigenvalue weighted by molar-refractivity contribution is 5.56. The maximum Gasteiger partial charge on any atom is 0.146 e. The molecule has 0 N–H and O–H groups in total. The van der Waals surface area contributed by atoms with Crippen LogP contribution < -0.4 is 4.90 Å². The van der Waals surface area contributed by atoms with Crippen molar-refractivity contribution in [2.45, 2.75) is 38.5 Å². The van der Waals surface area contributed by atoms with Crippen molar-refractivity contribution in [1.82, 2.24) is 4.98 Å². The molecule has 1 saturated carbocycles. The molecule has 0 aromatic carbocycles. The van der Waals surface area contributed by atoms with Gasteiger partial charge < -0.3 is 4.90 Å². The van der Waals surface area contributed by atoms with E-state index in [0.29, 0.717) is 0 Å². The van der Waals surface area contributed by atoms with E-state index in [2.05, 4.69) is 24.1 Å². The average molecular weight is 241 g/mol. The predicted molar refractivity (Wildman–Crippen MR) is 71.6 cm³/mol. The van der Waals surface area contributed by atoms with Gasteiger partial charge in [-0.25, -0.2) is 4.98 Å². The van der Waals surface area contributed by atoms with Crippen LogP contribution in [0.3, 0.4) is 0 Å². The minimum Gasteiger partial charge on any atom is -0.358 e. The molecule has 3 heteroatoms. The van der Waals surface area contributed by atoms with Crippen molar-refractivity contribution in [2.75, 3.05) is 18.5 Å². The maximum absolute atomic E-state index is 9.29. The van der Waals surface area contributed by atoms with Crippen LogP contribution >= 0.6 is 0 Å². The number of nitriles is 1. The molecular formula is C15H19N3. The molecule has 1 heterocycles. The Bertz CT molecular complexity index is 497. The molecule has 0 radical (unpaired) electrons. The Kier molecular flexibility index (Phi) is 2.95. The van der Waals surface area contributed by atoms with E-state index in [-0.39, 0.29) is 0 Å². The average Bonchev–Trinajstić information content (AvgIpc) is 2.78. The fourth-order valence-corrected chi connectivity index (χ4v) is 2.98. The van der Waals surface area contributed by atoms with Gasteiger partial charge in [0.05, 0.1) is 5.56 Å². The van der Waals surface area contributed by atoms with Gasteiger partial charge in [-0.15, -0.1) is 0 Å². The molecule has 94 valence electrons. The van der Waals surface area contributed by atoms with Gasteiger partial charge in [0.25, 0.3) is 0 Å². The van der Waals surface area contributed by atoms with Crippen LogP contribution in [0.5, 0.6) is 0 Å². The first kappa shape index (κ1) is 11.5. The standard InChI is InChI=1S/C15H19N3/c1-18(10-11-4-2-5-11)15-13(9-16)8-12-6-3-7-14(12)17-15/h8,11H,2-7,10H2,1H3. The summed E-state index contributed by atoms with van der Waals surface area (Å²) in [5.74, 6) is 1.70. The molecule has 3 nitrogen and oxygen atoms in total. The molecular weight excluding hydrogens is 222 g/mol. The van der Waals surface area contributed by atoms with Crippen LogP contribution in [0.1, 0.15) is 42.5 Å². The second-order valence-corrected chi connectivity index (χ2v) is 5.61. The zero-order valence-corrected chi connectivity index (χ0v) is 10.9. The largest absolute Gasteiger partial charge is 0.358 e. The van der Waals surface area contributed by atoms with E-state index in [0.717, 1.165) is 36.7 Å². The van der Waals surface area contributed by atoms with Gasteiger partial charge in [-0.3, -0.25) is 0 Å². The van der Waals surface area contributed by atoms with Crippen LogP contribution in [0, 0.1) is 17.2 Å². The smallest absolute Gasteiger partial charge is 0.146 e. The van der Waals surface area contributed by atoms with Gasteiger partial charge in [-0.2, -0.15) is 5.26 Å². The van der Waals surface area contributed by atoms with Gasteiger partial charge in [-0.1, -0.05) is 6.42 Å². The SMILES string of the molecule is CN(CC1CCC1)c1nc2c(cc1C#N)CCC2. The van der Waals surface area contributed by atoms with Gasteiger partial charge in [-0.05, 0) is 49.7 Å². The lowest BCUT2D eigenvalue weighted by molar-refractivity contribution is 0.321. The normalized spacial score (nSPS) is 18.0. The highest BCUT2D eigenvalue weighted by atomic mass is 15.2. The molecule has 0 atom stereocenters. The summed E-state index contributed by atoms with van der Waals surface area (Å²) in [6, 6.07) is 4.37. The summed E-state index contributed by atoms with van der Waals surface area (Å²) in [6.07, 6.45) is 7.37. The molecule has 0 saturated heterocycles. The summed E-state index contributed by atoms with van der Waals surface area (Å²) in [7, 11) is 2.07. The fourth-order valence-electron chi connectivity index (χ4n) is 2.98. The Balaban J connectivity index is 1.87. The molecule has 1 aromatic heterocycles. The minimum atomic E-state index is 0.748. The first-order chi connectivity index (χ1) is 8.78. The summed E-state index contributed by atoms with van der Waals surface area (Å²) >= 11 is 0. The van der Waals surface area contributed by atoms with Crippen molar-refractivity contribution in [1.29, 1.82) is 5.26 Å². The van der Waals surface area contributed by atoms with Crippen LogP contribution in [0.4, 0.5) is 5.82 Å². The molecule has 18 heavy (non-hydrogen) atoms. The Morgan fingerprint density at radius 2 is 2.22 bits per heavy atom. The predicted octanol–water partition coefficient (Wildman–Crippen LogP) is 2.68. The van der Waals surface area contributed by atoms with Crippen molar-refractivity contribution in [3.05, 3.63) is 22.9 Å². The molecule has 2 aliphatic rings. The lowest BCUT2D eigenvalue weighted by atomic mass is 9.85. The highest BCUT2D eigenvalue weighted by Crippen LogP contribution is 2.30. The minimum absolute atomic E-state index is 0.748. The summed E-state index contributed by atoms with van der Waals surface area (Å²) in [4.78, 5) is 6.92. The lowest BCUT2D eigenvalue weighted by Gasteiger charge is -2.31. The number of fused-ring (bicyclic) bond motifs is 1. The van der Waals surface area contributed by atoms with E-state index >= 15 is 0 Å². The molecule has 2 aliphatic carbocycles. The molecule has 1 fully saturated rings. The van der Waals surface area contributed by atoms with Crippen molar-refractivity contribution in [3.8, 4) is 6.07 Å². The molecule has 3 rings (SSSR count). The van der Waals surface area contributed by atoms with Crippen molar-refractivity contribution >= 4 is 5.82 Å². The number of pyridine rings is 1. The van der Waals surface area contributed by atoms with Gasteiger partial charge in [0.1, 0.15) is 11.9 Å². The molecule has 0 unspecified atom stereocenters. The van der Waals surface area contributed by atoms with E-state index in [4.69, 9.17) is 4.98 Å². The zero-order chi connectivity index (χ0) is 12.5. The summed E-state index contributed by atoms with van der Waals surface area (Å²) < 4.78 is 0. The van der Waals surface area contributed by atoms with Crippen LogP contribution in [0.25, 0.3) is 0 Å². The first-order valence-corrected chi connectivity index (χ1v) is 6.92. The van der Waals surface area contributed by atoms with Gasteiger partial charge in [0.2, 0.25) is 0 Å². The third-order valence-electron chi connectivity index (χ3n) is 4.27. The van der Waals surface area contributed by atoms with Crippen LogP contribution in [0.2, 0.25) is 0 Å². The van der Waals surface area contributed by atoms with Gasteiger partial charge >= 0.3 is 0 Å². The molecule has 0 bridgehead atoms. The third-order valence-corrected chi connectivity index (χ3v) is 4.27. The van der Waals surface area contributed by atoms with Gasteiger partial charge in [0.15, 0.2) is 0 Å². The third kappa shape index (κ3) is 1.96. The molecule has 1 aromatic rings. The monoisotopic (exact) mass is 241 g/mol. The number of aryl methyl sites for hydroxylation is 2. The Morgan fingerprint density at radius 1 is 1.39 bits per heavy atom. The van der Waals surface area contributed by atoms with Crippen molar-refractivity contribution in [2.24, 2.45) is 5.92 Å². The summed E-state index contributed by atoms with van der Waals surface area (Å²) in [5, 5.41) is 9.29. The van der Waals surface area contributed by atoms with Crippen LogP contribution in [0.15, 0.2) is 6.07 Å². The quantitative estimate of drug-likeness (QED) is 0.816. The van der Waals surface area contributed by atoms with Crippen molar-refractivity contribution in [3.63, 3.8) is 0 Å².